The molecule has 0 radical (unpaired) electrons. The molecular weight excluding hydrogens is 354 g/mol. The van der Waals surface area contributed by atoms with Gasteiger partial charge in [0.2, 0.25) is 0 Å². The minimum atomic E-state index is -0.155. The summed E-state index contributed by atoms with van der Waals surface area (Å²) in [5.74, 6) is 1.23. The highest BCUT2D eigenvalue weighted by atomic mass is 16.5. The van der Waals surface area contributed by atoms with E-state index in [4.69, 9.17) is 9.47 Å². The van der Waals surface area contributed by atoms with Crippen LogP contribution < -0.4 is 14.8 Å². The number of carbonyl (C=O) groups excluding carboxylic acids is 1. The summed E-state index contributed by atoms with van der Waals surface area (Å²) in [4.78, 5) is 20.5. The molecule has 6 nitrogen and oxygen atoms in total. The van der Waals surface area contributed by atoms with Crippen LogP contribution in [0.4, 0.5) is 0 Å². The molecule has 3 rings (SSSR count). The van der Waals surface area contributed by atoms with Gasteiger partial charge in [-0.25, -0.2) is 9.97 Å². The lowest BCUT2D eigenvalue weighted by Crippen LogP contribution is -2.26. The van der Waals surface area contributed by atoms with E-state index in [2.05, 4.69) is 15.3 Å². The standard InChI is InChI=1S/C22H23N3O3/c1-15(2)27-19-9-5-17(6-10-19)16(3)25-21(26)18-7-11-20(12-8-18)28-22-23-13-4-14-24-22/h4-16H,1-3H3,(H,25,26)/t16-/m1/s1. The Morgan fingerprint density at radius 3 is 2.11 bits per heavy atom. The van der Waals surface area contributed by atoms with E-state index in [9.17, 15) is 4.79 Å². The van der Waals surface area contributed by atoms with Crippen molar-refractivity contribution in [1.82, 2.24) is 15.3 Å². The molecule has 0 aliphatic rings. The Kier molecular flexibility index (Phi) is 6.22. The summed E-state index contributed by atoms with van der Waals surface area (Å²) in [5.41, 5.74) is 1.55. The van der Waals surface area contributed by atoms with Gasteiger partial charge in [0.25, 0.3) is 5.91 Å². The molecule has 0 bridgehead atoms. The normalized spacial score (nSPS) is 11.7. The van der Waals surface area contributed by atoms with Gasteiger partial charge in [-0.1, -0.05) is 12.1 Å². The molecule has 1 heterocycles. The number of aromatic nitrogens is 2. The van der Waals surface area contributed by atoms with Crippen LogP contribution in [0.1, 0.15) is 42.7 Å². The number of rotatable bonds is 7. The maximum atomic E-state index is 12.5. The van der Waals surface area contributed by atoms with Crippen LogP contribution in [0.3, 0.4) is 0 Å². The van der Waals surface area contributed by atoms with Crippen molar-refractivity contribution < 1.29 is 14.3 Å². The van der Waals surface area contributed by atoms with E-state index >= 15 is 0 Å². The van der Waals surface area contributed by atoms with Crippen molar-refractivity contribution in [2.75, 3.05) is 0 Å². The first-order valence-electron chi connectivity index (χ1n) is 9.13. The van der Waals surface area contributed by atoms with Gasteiger partial charge in [-0.3, -0.25) is 4.79 Å². The summed E-state index contributed by atoms with van der Waals surface area (Å²) in [6.07, 6.45) is 3.34. The summed E-state index contributed by atoms with van der Waals surface area (Å²) >= 11 is 0. The third-order valence-corrected chi connectivity index (χ3v) is 3.97. The molecule has 1 aromatic heterocycles. The fourth-order valence-corrected chi connectivity index (χ4v) is 2.59. The smallest absolute Gasteiger partial charge is 0.321 e. The van der Waals surface area contributed by atoms with E-state index in [1.807, 2.05) is 45.0 Å². The van der Waals surface area contributed by atoms with Gasteiger partial charge in [-0.05, 0) is 68.8 Å². The van der Waals surface area contributed by atoms with Crippen molar-refractivity contribution in [2.45, 2.75) is 32.9 Å². The van der Waals surface area contributed by atoms with Crippen molar-refractivity contribution in [3.8, 4) is 17.5 Å². The van der Waals surface area contributed by atoms with Crippen molar-refractivity contribution in [1.29, 1.82) is 0 Å². The molecule has 28 heavy (non-hydrogen) atoms. The first-order valence-corrected chi connectivity index (χ1v) is 9.13. The average molecular weight is 377 g/mol. The van der Waals surface area contributed by atoms with Crippen LogP contribution >= 0.6 is 0 Å². The van der Waals surface area contributed by atoms with Crippen molar-refractivity contribution >= 4 is 5.91 Å². The SMILES string of the molecule is CC(C)Oc1ccc([C@@H](C)NC(=O)c2ccc(Oc3ncccn3)cc2)cc1. The van der Waals surface area contributed by atoms with E-state index in [-0.39, 0.29) is 24.1 Å². The number of nitrogens with one attached hydrogen (secondary N) is 1. The summed E-state index contributed by atoms with van der Waals surface area (Å²) in [5, 5.41) is 3.00. The van der Waals surface area contributed by atoms with Crippen LogP contribution in [0.2, 0.25) is 0 Å². The van der Waals surface area contributed by atoms with Crippen LogP contribution in [-0.2, 0) is 0 Å². The highest BCUT2D eigenvalue weighted by Crippen LogP contribution is 2.20. The summed E-state index contributed by atoms with van der Waals surface area (Å²) in [7, 11) is 0. The van der Waals surface area contributed by atoms with E-state index in [1.165, 1.54) is 0 Å². The summed E-state index contributed by atoms with van der Waals surface area (Å²) in [6, 6.07) is 16.4. The van der Waals surface area contributed by atoms with Crippen LogP contribution in [0.15, 0.2) is 67.0 Å². The number of hydrogen-bond acceptors (Lipinski definition) is 5. The van der Waals surface area contributed by atoms with Gasteiger partial charge < -0.3 is 14.8 Å². The van der Waals surface area contributed by atoms with Crippen molar-refractivity contribution in [3.63, 3.8) is 0 Å². The Labute approximate surface area is 164 Å². The molecule has 6 heteroatoms. The van der Waals surface area contributed by atoms with E-state index in [1.54, 1.807) is 42.7 Å². The second kappa shape index (κ2) is 8.99. The fraction of sp³-hybridized carbons (Fsp3) is 0.227. The molecule has 1 amide bonds. The summed E-state index contributed by atoms with van der Waals surface area (Å²) < 4.78 is 11.2. The average Bonchev–Trinajstić information content (AvgIpc) is 2.69. The molecule has 0 saturated heterocycles. The topological polar surface area (TPSA) is 73.3 Å². The number of ether oxygens (including phenoxy) is 2. The molecule has 0 aliphatic heterocycles. The Bertz CT molecular complexity index is 895. The zero-order valence-corrected chi connectivity index (χ0v) is 16.1. The second-order valence-electron chi connectivity index (χ2n) is 6.59. The lowest BCUT2D eigenvalue weighted by atomic mass is 10.1. The highest BCUT2D eigenvalue weighted by Gasteiger charge is 2.12. The molecule has 2 aromatic carbocycles. The molecule has 1 atom stereocenters. The van der Waals surface area contributed by atoms with Crippen molar-refractivity contribution in [2.24, 2.45) is 0 Å². The van der Waals surface area contributed by atoms with Gasteiger partial charge in [0.1, 0.15) is 11.5 Å². The number of carbonyl (C=O) groups is 1. The molecule has 0 fully saturated rings. The van der Waals surface area contributed by atoms with Gasteiger partial charge in [0.15, 0.2) is 0 Å². The van der Waals surface area contributed by atoms with Gasteiger partial charge in [0.05, 0.1) is 12.1 Å². The van der Waals surface area contributed by atoms with Gasteiger partial charge in [-0.15, -0.1) is 0 Å². The zero-order valence-electron chi connectivity index (χ0n) is 16.1. The van der Waals surface area contributed by atoms with Crippen LogP contribution in [-0.4, -0.2) is 22.0 Å². The molecule has 3 aromatic rings. The van der Waals surface area contributed by atoms with Crippen LogP contribution in [0.25, 0.3) is 0 Å². The Morgan fingerprint density at radius 2 is 1.50 bits per heavy atom. The Morgan fingerprint density at radius 1 is 0.893 bits per heavy atom. The number of benzene rings is 2. The molecule has 1 N–H and O–H groups in total. The van der Waals surface area contributed by atoms with Gasteiger partial charge in [0, 0.05) is 18.0 Å². The minimum Gasteiger partial charge on any atom is -0.491 e. The maximum absolute atomic E-state index is 12.5. The largest absolute Gasteiger partial charge is 0.491 e. The monoisotopic (exact) mass is 377 g/mol. The fourth-order valence-electron chi connectivity index (χ4n) is 2.59. The minimum absolute atomic E-state index is 0.128. The lowest BCUT2D eigenvalue weighted by Gasteiger charge is -2.16. The maximum Gasteiger partial charge on any atom is 0.321 e. The Hall–Kier alpha value is -3.41. The van der Waals surface area contributed by atoms with E-state index < -0.39 is 0 Å². The predicted molar refractivity (Wildman–Crippen MR) is 107 cm³/mol. The molecule has 0 saturated carbocycles. The third-order valence-electron chi connectivity index (χ3n) is 3.97. The van der Waals surface area contributed by atoms with Gasteiger partial charge >= 0.3 is 6.01 Å². The highest BCUT2D eigenvalue weighted by molar-refractivity contribution is 5.94. The first kappa shape index (κ1) is 19.4. The van der Waals surface area contributed by atoms with E-state index in [0.717, 1.165) is 11.3 Å². The lowest BCUT2D eigenvalue weighted by molar-refractivity contribution is 0.0940. The first-order chi connectivity index (χ1) is 13.5. The zero-order chi connectivity index (χ0) is 19.9. The van der Waals surface area contributed by atoms with Crippen LogP contribution in [0, 0.1) is 0 Å². The number of amides is 1. The number of nitrogens with zero attached hydrogens (tertiary/aromatic N) is 2. The number of hydrogen-bond donors (Lipinski definition) is 1. The second-order valence-corrected chi connectivity index (χ2v) is 6.59. The Balaban J connectivity index is 1.59. The molecule has 144 valence electrons. The van der Waals surface area contributed by atoms with Gasteiger partial charge in [-0.2, -0.15) is 0 Å². The molecular formula is C22H23N3O3. The third kappa shape index (κ3) is 5.30. The van der Waals surface area contributed by atoms with Crippen LogP contribution in [0.5, 0.6) is 17.5 Å². The molecule has 0 unspecified atom stereocenters. The molecule has 0 spiro atoms. The van der Waals surface area contributed by atoms with E-state index in [0.29, 0.717) is 11.3 Å². The summed E-state index contributed by atoms with van der Waals surface area (Å²) in [6.45, 7) is 5.92. The predicted octanol–water partition coefficient (Wildman–Crippen LogP) is 4.55. The quantitative estimate of drug-likeness (QED) is 0.654. The van der Waals surface area contributed by atoms with Crippen molar-refractivity contribution in [3.05, 3.63) is 78.1 Å². The molecule has 0 aliphatic carbocycles.